The van der Waals surface area contributed by atoms with E-state index in [1.807, 2.05) is 5.43 Å². The van der Waals surface area contributed by atoms with Crippen molar-refractivity contribution in [2.24, 2.45) is 0 Å². The average Bonchev–Trinajstić information content (AvgIpc) is 2.53. The van der Waals surface area contributed by atoms with Crippen LogP contribution in [0.2, 0.25) is 0 Å². The van der Waals surface area contributed by atoms with Crippen LogP contribution in [0.5, 0.6) is 0 Å². The maximum atomic E-state index is 13.6. The quantitative estimate of drug-likeness (QED) is 0.797. The summed E-state index contributed by atoms with van der Waals surface area (Å²) in [6, 6.07) is 3.70. The summed E-state index contributed by atoms with van der Waals surface area (Å²) in [4.78, 5) is 35.4. The topological polar surface area (TPSA) is 75.7 Å². The molecular weight excluding hydrogens is 267 g/mol. The van der Waals surface area contributed by atoms with Gasteiger partial charge in [0, 0.05) is 0 Å². The van der Waals surface area contributed by atoms with Crippen molar-refractivity contribution >= 4 is 17.9 Å². The average molecular weight is 280 g/mol. The number of nitrogens with one attached hydrogen (secondary N) is 1. The Hall–Kier alpha value is -2.44. The van der Waals surface area contributed by atoms with Gasteiger partial charge in [-0.05, 0) is 32.9 Å². The molecule has 0 fully saturated rings. The van der Waals surface area contributed by atoms with Crippen molar-refractivity contribution in [3.05, 3.63) is 35.1 Å². The number of hydrogen-bond acceptors (Lipinski definition) is 4. The van der Waals surface area contributed by atoms with Gasteiger partial charge >= 0.3 is 6.09 Å². The molecule has 1 aliphatic rings. The van der Waals surface area contributed by atoms with E-state index in [2.05, 4.69) is 0 Å². The second kappa shape index (κ2) is 4.59. The van der Waals surface area contributed by atoms with Gasteiger partial charge in [-0.1, -0.05) is 6.07 Å². The second-order valence-electron chi connectivity index (χ2n) is 5.22. The fourth-order valence-electron chi connectivity index (χ4n) is 1.74. The summed E-state index contributed by atoms with van der Waals surface area (Å²) in [5, 5.41) is 0.446. The first-order valence-corrected chi connectivity index (χ1v) is 5.87. The predicted molar refractivity (Wildman–Crippen MR) is 66.3 cm³/mol. The minimum atomic E-state index is -0.965. The Bertz CT molecular complexity index is 607. The lowest BCUT2D eigenvalue weighted by Crippen LogP contribution is -2.47. The lowest BCUT2D eigenvalue weighted by atomic mass is 10.1. The van der Waals surface area contributed by atoms with Crippen molar-refractivity contribution in [2.75, 3.05) is 0 Å². The van der Waals surface area contributed by atoms with E-state index in [1.54, 1.807) is 20.8 Å². The fourth-order valence-corrected chi connectivity index (χ4v) is 1.74. The molecule has 0 saturated heterocycles. The Labute approximate surface area is 114 Å². The molecular formula is C13H13FN2O4. The van der Waals surface area contributed by atoms with Crippen molar-refractivity contribution in [3.63, 3.8) is 0 Å². The Morgan fingerprint density at radius 2 is 1.90 bits per heavy atom. The van der Waals surface area contributed by atoms with Gasteiger partial charge in [-0.2, -0.15) is 5.01 Å². The molecule has 1 aromatic rings. The summed E-state index contributed by atoms with van der Waals surface area (Å²) >= 11 is 0. The Kier molecular flexibility index (Phi) is 3.21. The van der Waals surface area contributed by atoms with E-state index in [1.165, 1.54) is 12.1 Å². The first-order valence-electron chi connectivity index (χ1n) is 5.87. The molecule has 2 rings (SSSR count). The van der Waals surface area contributed by atoms with E-state index >= 15 is 0 Å². The zero-order chi connectivity index (χ0) is 15.1. The SMILES string of the molecule is CC(C)(C)OC(=O)NN1C(=O)c2cccc(F)c2C1=O. The van der Waals surface area contributed by atoms with E-state index in [0.29, 0.717) is 5.01 Å². The fraction of sp³-hybridized carbons (Fsp3) is 0.308. The summed E-state index contributed by atoms with van der Waals surface area (Å²) in [7, 11) is 0. The molecule has 0 radical (unpaired) electrons. The summed E-state index contributed by atoms with van der Waals surface area (Å²) in [5.41, 5.74) is 0.787. The van der Waals surface area contributed by atoms with Crippen molar-refractivity contribution in [3.8, 4) is 0 Å². The minimum Gasteiger partial charge on any atom is -0.443 e. The van der Waals surface area contributed by atoms with Crippen molar-refractivity contribution in [1.29, 1.82) is 0 Å². The van der Waals surface area contributed by atoms with Gasteiger partial charge in [0.15, 0.2) is 0 Å². The number of halogens is 1. The molecule has 6 nitrogen and oxygen atoms in total. The van der Waals surface area contributed by atoms with Crippen LogP contribution in [0.25, 0.3) is 0 Å². The van der Waals surface area contributed by atoms with E-state index in [4.69, 9.17) is 4.74 Å². The van der Waals surface area contributed by atoms with Crippen LogP contribution in [0.15, 0.2) is 18.2 Å². The zero-order valence-electron chi connectivity index (χ0n) is 11.2. The standard InChI is InChI=1S/C13H13FN2O4/c1-13(2,3)20-12(19)15-16-10(17)7-5-4-6-8(14)9(7)11(16)18/h4-6H,1-3H3,(H,15,19). The lowest BCUT2D eigenvalue weighted by molar-refractivity contribution is 0.0289. The van der Waals surface area contributed by atoms with Crippen LogP contribution >= 0.6 is 0 Å². The van der Waals surface area contributed by atoms with Gasteiger partial charge in [0.2, 0.25) is 0 Å². The molecule has 1 aromatic carbocycles. The molecule has 20 heavy (non-hydrogen) atoms. The third-order valence-corrected chi connectivity index (χ3v) is 2.47. The highest BCUT2D eigenvalue weighted by atomic mass is 19.1. The summed E-state index contributed by atoms with van der Waals surface area (Å²) < 4.78 is 18.5. The first kappa shape index (κ1) is 14.0. The molecule has 0 aliphatic carbocycles. The highest BCUT2D eigenvalue weighted by Gasteiger charge is 2.39. The predicted octanol–water partition coefficient (Wildman–Crippen LogP) is 1.86. The Balaban J connectivity index is 2.21. The van der Waals surface area contributed by atoms with Crippen LogP contribution in [0.1, 0.15) is 41.5 Å². The summed E-state index contributed by atoms with van der Waals surface area (Å²) in [6.45, 7) is 4.90. The van der Waals surface area contributed by atoms with E-state index < -0.39 is 29.3 Å². The van der Waals surface area contributed by atoms with Gasteiger partial charge in [-0.3, -0.25) is 9.59 Å². The number of benzene rings is 1. The molecule has 1 N–H and O–H groups in total. The number of amides is 3. The number of hydrogen-bond donors (Lipinski definition) is 1. The number of imide groups is 1. The number of carbonyl (C=O) groups is 3. The molecule has 0 spiro atoms. The van der Waals surface area contributed by atoms with Crippen LogP contribution in [0, 0.1) is 5.82 Å². The number of fused-ring (bicyclic) bond motifs is 1. The summed E-state index contributed by atoms with van der Waals surface area (Å²) in [6.07, 6.45) is -0.965. The van der Waals surface area contributed by atoms with E-state index in [9.17, 15) is 18.8 Å². The van der Waals surface area contributed by atoms with Crippen molar-refractivity contribution in [1.82, 2.24) is 10.4 Å². The molecule has 0 bridgehead atoms. The maximum Gasteiger partial charge on any atom is 0.427 e. The molecule has 3 amide bonds. The number of rotatable bonds is 1. The molecule has 0 aromatic heterocycles. The van der Waals surface area contributed by atoms with E-state index in [-0.39, 0.29) is 11.1 Å². The van der Waals surface area contributed by atoms with Crippen LogP contribution in [0.4, 0.5) is 9.18 Å². The van der Waals surface area contributed by atoms with Gasteiger partial charge in [0.05, 0.1) is 11.1 Å². The summed E-state index contributed by atoms with van der Waals surface area (Å²) in [5.74, 6) is -2.53. The molecule has 1 aliphatic heterocycles. The molecule has 0 atom stereocenters. The highest BCUT2D eigenvalue weighted by molar-refractivity contribution is 6.21. The van der Waals surface area contributed by atoms with Crippen LogP contribution < -0.4 is 5.43 Å². The normalized spacial score (nSPS) is 14.3. The zero-order valence-corrected chi connectivity index (χ0v) is 11.2. The van der Waals surface area contributed by atoms with Crippen molar-refractivity contribution in [2.45, 2.75) is 26.4 Å². The van der Waals surface area contributed by atoms with Gasteiger partial charge in [-0.25, -0.2) is 14.6 Å². The smallest absolute Gasteiger partial charge is 0.427 e. The van der Waals surface area contributed by atoms with E-state index in [0.717, 1.165) is 6.07 Å². The molecule has 7 heteroatoms. The van der Waals surface area contributed by atoms with Gasteiger partial charge in [0.1, 0.15) is 11.4 Å². The van der Waals surface area contributed by atoms with Gasteiger partial charge in [-0.15, -0.1) is 0 Å². The third-order valence-electron chi connectivity index (χ3n) is 2.47. The number of hydrazine groups is 1. The molecule has 106 valence electrons. The second-order valence-corrected chi connectivity index (χ2v) is 5.22. The first-order chi connectivity index (χ1) is 9.20. The van der Waals surface area contributed by atoms with Crippen LogP contribution in [0.3, 0.4) is 0 Å². The third kappa shape index (κ3) is 2.47. The molecule has 0 saturated carbocycles. The highest BCUT2D eigenvalue weighted by Crippen LogP contribution is 2.23. The monoisotopic (exact) mass is 280 g/mol. The maximum absolute atomic E-state index is 13.6. The largest absolute Gasteiger partial charge is 0.443 e. The van der Waals surface area contributed by atoms with Gasteiger partial charge in [0.25, 0.3) is 11.8 Å². The number of ether oxygens (including phenoxy) is 1. The van der Waals surface area contributed by atoms with Crippen LogP contribution in [-0.4, -0.2) is 28.5 Å². The molecule has 1 heterocycles. The Morgan fingerprint density at radius 3 is 2.45 bits per heavy atom. The molecule has 0 unspecified atom stereocenters. The number of nitrogens with zero attached hydrogens (tertiary/aromatic N) is 1. The lowest BCUT2D eigenvalue weighted by Gasteiger charge is -2.22. The van der Waals surface area contributed by atoms with Crippen LogP contribution in [-0.2, 0) is 4.74 Å². The van der Waals surface area contributed by atoms with Crippen molar-refractivity contribution < 1.29 is 23.5 Å². The Morgan fingerprint density at radius 1 is 1.25 bits per heavy atom. The number of carbonyl (C=O) groups excluding carboxylic acids is 3. The minimum absolute atomic E-state index is 0.0916. The van der Waals surface area contributed by atoms with Gasteiger partial charge < -0.3 is 4.74 Å².